The van der Waals surface area contributed by atoms with Crippen LogP contribution in [0.3, 0.4) is 0 Å². The van der Waals surface area contributed by atoms with Gasteiger partial charge in [-0.15, -0.1) is 0 Å². The molecule has 2 rings (SSSR count). The van der Waals surface area contributed by atoms with E-state index < -0.39 is 0 Å². The molecule has 2 amide bonds. The monoisotopic (exact) mass is 532 g/mol. The van der Waals surface area contributed by atoms with Crippen LogP contribution in [0.2, 0.25) is 0 Å². The highest BCUT2D eigenvalue weighted by Crippen LogP contribution is 2.26. The van der Waals surface area contributed by atoms with Crippen LogP contribution in [0.5, 0.6) is 0 Å². The molecule has 0 aromatic rings. The van der Waals surface area contributed by atoms with E-state index in [9.17, 15) is 9.59 Å². The molecule has 2 aliphatic carbocycles. The Balaban J connectivity index is 1.88. The van der Waals surface area contributed by atoms with Crippen molar-refractivity contribution in [1.29, 1.82) is 0 Å². The first-order valence-electron chi connectivity index (χ1n) is 17.3. The molecular formula is C34H64N2O2. The van der Waals surface area contributed by atoms with E-state index in [2.05, 4.69) is 23.6 Å². The van der Waals surface area contributed by atoms with Gasteiger partial charge in [-0.1, -0.05) is 129 Å². The number of carbonyl (C=O) groups excluding carboxylic acids is 2. The first-order chi connectivity index (χ1) is 18.7. The highest BCUT2D eigenvalue weighted by atomic mass is 16.2. The minimum absolute atomic E-state index is 0.355. The molecule has 222 valence electrons. The van der Waals surface area contributed by atoms with Crippen LogP contribution in [0, 0.1) is 0 Å². The molecule has 0 radical (unpaired) electrons. The van der Waals surface area contributed by atoms with Gasteiger partial charge in [0, 0.05) is 38.0 Å². The topological polar surface area (TPSA) is 40.6 Å². The fourth-order valence-corrected chi connectivity index (χ4v) is 6.78. The van der Waals surface area contributed by atoms with Crippen molar-refractivity contribution in [2.75, 3.05) is 13.1 Å². The van der Waals surface area contributed by atoms with Gasteiger partial charge in [0.1, 0.15) is 0 Å². The molecule has 2 saturated carbocycles. The average molecular weight is 533 g/mol. The molecule has 0 unspecified atom stereocenters. The Bertz CT molecular complexity index is 543. The van der Waals surface area contributed by atoms with Crippen molar-refractivity contribution < 1.29 is 9.59 Å². The van der Waals surface area contributed by atoms with E-state index in [1.54, 1.807) is 0 Å². The molecule has 0 atom stereocenters. The lowest BCUT2D eigenvalue weighted by Crippen LogP contribution is -2.49. The van der Waals surface area contributed by atoms with Gasteiger partial charge in [0.2, 0.25) is 11.8 Å². The molecule has 0 aromatic heterocycles. The number of hydrogen-bond donors (Lipinski definition) is 0. The van der Waals surface area contributed by atoms with Crippen LogP contribution < -0.4 is 0 Å². The number of hydrogen-bond acceptors (Lipinski definition) is 2. The number of carbonyl (C=O) groups is 2. The lowest BCUT2D eigenvalue weighted by molar-refractivity contribution is -0.139. The van der Waals surface area contributed by atoms with E-state index in [4.69, 9.17) is 0 Å². The summed E-state index contributed by atoms with van der Waals surface area (Å²) in [5.74, 6) is 0.710. The average Bonchev–Trinajstić information content (AvgIpc) is 2.95. The number of rotatable bonds is 21. The summed E-state index contributed by atoms with van der Waals surface area (Å²) in [6.45, 7) is 6.02. The van der Waals surface area contributed by atoms with E-state index in [-0.39, 0.29) is 0 Å². The molecule has 0 heterocycles. The predicted molar refractivity (Wildman–Crippen MR) is 162 cm³/mol. The van der Waals surface area contributed by atoms with Crippen LogP contribution in [0.1, 0.15) is 181 Å². The zero-order valence-electron chi connectivity index (χ0n) is 25.7. The maximum absolute atomic E-state index is 13.5. The minimum atomic E-state index is 0.355. The van der Waals surface area contributed by atoms with Gasteiger partial charge >= 0.3 is 0 Å². The van der Waals surface area contributed by atoms with Crippen LogP contribution in [0.4, 0.5) is 0 Å². The smallest absolute Gasteiger partial charge is 0.222 e. The quantitative estimate of drug-likeness (QED) is 0.138. The highest BCUT2D eigenvalue weighted by Gasteiger charge is 2.29. The maximum Gasteiger partial charge on any atom is 0.222 e. The molecule has 4 nitrogen and oxygen atoms in total. The van der Waals surface area contributed by atoms with Crippen molar-refractivity contribution in [3.05, 3.63) is 0 Å². The first-order valence-corrected chi connectivity index (χ1v) is 17.3. The second kappa shape index (κ2) is 21.7. The molecule has 0 bridgehead atoms. The Labute approximate surface area is 237 Å². The van der Waals surface area contributed by atoms with E-state index in [0.717, 1.165) is 51.6 Å². The van der Waals surface area contributed by atoms with Crippen LogP contribution in [-0.2, 0) is 9.59 Å². The second-order valence-corrected chi connectivity index (χ2v) is 12.5. The van der Waals surface area contributed by atoms with Crippen molar-refractivity contribution in [3.8, 4) is 0 Å². The SMILES string of the molecule is CCCCCCCCCC(=O)N(CCN(C(=O)CCCCCCCCC)C1CCCCC1)C1CCCCC1. The zero-order valence-corrected chi connectivity index (χ0v) is 25.7. The maximum atomic E-state index is 13.5. The number of amides is 2. The van der Waals surface area contributed by atoms with Crippen molar-refractivity contribution >= 4 is 11.8 Å². The summed E-state index contributed by atoms with van der Waals surface area (Å²) in [6, 6.07) is 0.791. The van der Waals surface area contributed by atoms with Gasteiger partial charge in [-0.3, -0.25) is 9.59 Å². The van der Waals surface area contributed by atoms with Crippen molar-refractivity contribution in [3.63, 3.8) is 0 Å². The van der Waals surface area contributed by atoms with Gasteiger partial charge in [-0.05, 0) is 38.5 Å². The van der Waals surface area contributed by atoms with Gasteiger partial charge < -0.3 is 9.80 Å². The van der Waals surface area contributed by atoms with Crippen molar-refractivity contribution in [1.82, 2.24) is 9.80 Å². The largest absolute Gasteiger partial charge is 0.338 e. The minimum Gasteiger partial charge on any atom is -0.338 e. The van der Waals surface area contributed by atoms with E-state index in [1.807, 2.05) is 0 Å². The van der Waals surface area contributed by atoms with E-state index in [1.165, 1.54) is 116 Å². The van der Waals surface area contributed by atoms with E-state index in [0.29, 0.717) is 36.7 Å². The van der Waals surface area contributed by atoms with Gasteiger partial charge in [-0.25, -0.2) is 0 Å². The Morgan fingerprint density at radius 2 is 0.789 bits per heavy atom. The Morgan fingerprint density at radius 3 is 1.13 bits per heavy atom. The molecule has 0 saturated heterocycles. The highest BCUT2D eigenvalue weighted by molar-refractivity contribution is 5.78. The Morgan fingerprint density at radius 1 is 0.474 bits per heavy atom. The molecule has 0 aliphatic heterocycles. The second-order valence-electron chi connectivity index (χ2n) is 12.5. The summed E-state index contributed by atoms with van der Waals surface area (Å²) in [6.07, 6.45) is 31.1. The number of nitrogens with zero attached hydrogens (tertiary/aromatic N) is 2. The fraction of sp³-hybridized carbons (Fsp3) is 0.941. The normalized spacial score (nSPS) is 17.0. The van der Waals surface area contributed by atoms with Crippen molar-refractivity contribution in [2.45, 2.75) is 193 Å². The van der Waals surface area contributed by atoms with E-state index >= 15 is 0 Å². The van der Waals surface area contributed by atoms with Crippen molar-refractivity contribution in [2.24, 2.45) is 0 Å². The molecule has 2 aliphatic rings. The van der Waals surface area contributed by atoms with Gasteiger partial charge in [0.25, 0.3) is 0 Å². The van der Waals surface area contributed by atoms with Crippen LogP contribution in [0.15, 0.2) is 0 Å². The third kappa shape index (κ3) is 13.8. The molecule has 2 fully saturated rings. The first kappa shape index (κ1) is 33.1. The molecule has 0 spiro atoms. The van der Waals surface area contributed by atoms with Crippen LogP contribution in [-0.4, -0.2) is 46.8 Å². The van der Waals surface area contributed by atoms with Crippen LogP contribution in [0.25, 0.3) is 0 Å². The Hall–Kier alpha value is -1.06. The van der Waals surface area contributed by atoms with Gasteiger partial charge in [0.05, 0.1) is 0 Å². The standard InChI is InChI=1S/C34H64N2O2/c1-3-5-7-9-11-13-21-27-33(37)35(31-23-17-15-18-24-31)29-30-36(32-25-19-16-20-26-32)34(38)28-22-14-12-10-8-6-4-2/h31-32H,3-30H2,1-2H3. The molecule has 38 heavy (non-hydrogen) atoms. The van der Waals surface area contributed by atoms with Gasteiger partial charge in [-0.2, -0.15) is 0 Å². The fourth-order valence-electron chi connectivity index (χ4n) is 6.78. The summed E-state index contributed by atoms with van der Waals surface area (Å²) in [4.78, 5) is 31.4. The zero-order chi connectivity index (χ0) is 27.3. The lowest BCUT2D eigenvalue weighted by atomic mass is 9.93. The molecule has 0 N–H and O–H groups in total. The summed E-state index contributed by atoms with van der Waals surface area (Å²) in [5.41, 5.74) is 0. The molecular weight excluding hydrogens is 468 g/mol. The summed E-state index contributed by atoms with van der Waals surface area (Å²) in [5, 5.41) is 0. The number of unbranched alkanes of at least 4 members (excludes halogenated alkanes) is 12. The molecule has 4 heteroatoms. The third-order valence-corrected chi connectivity index (χ3v) is 9.24. The predicted octanol–water partition coefficient (Wildman–Crippen LogP) is 9.59. The summed E-state index contributed by atoms with van der Waals surface area (Å²) < 4.78 is 0. The van der Waals surface area contributed by atoms with Gasteiger partial charge in [0.15, 0.2) is 0 Å². The lowest BCUT2D eigenvalue weighted by Gasteiger charge is -2.39. The Kier molecular flexibility index (Phi) is 19.0. The third-order valence-electron chi connectivity index (χ3n) is 9.24. The van der Waals surface area contributed by atoms with Crippen LogP contribution >= 0.6 is 0 Å². The molecule has 0 aromatic carbocycles. The summed E-state index contributed by atoms with van der Waals surface area (Å²) >= 11 is 0. The summed E-state index contributed by atoms with van der Waals surface area (Å²) in [7, 11) is 0.